The summed E-state index contributed by atoms with van der Waals surface area (Å²) in [6, 6.07) is -6.29. The monoisotopic (exact) mass is 980 g/mol. The number of aromatic hydroxyl groups is 1. The van der Waals surface area contributed by atoms with Crippen molar-refractivity contribution in [3.05, 3.63) is 29.8 Å². The summed E-state index contributed by atoms with van der Waals surface area (Å²) < 4.78 is 9.29. The fourth-order valence-corrected chi connectivity index (χ4v) is 8.22. The third-order valence-corrected chi connectivity index (χ3v) is 11.9. The maximum absolute atomic E-state index is 14.2. The first-order valence-corrected chi connectivity index (χ1v) is 24.0. The topological polar surface area (TPSA) is 416 Å². The smallest absolute Gasteiger partial charge is 0.508 e. The zero-order valence-corrected chi connectivity index (χ0v) is 37.5. The number of likely N-dealkylation sites (tertiary alicyclic amines) is 2. The Kier molecular flexibility index (Phi) is 20.0. The molecule has 1 aromatic carbocycles. The van der Waals surface area contributed by atoms with Gasteiger partial charge in [-0.05, 0) is 69.7 Å². The Morgan fingerprint density at radius 1 is 0.727 bits per heavy atom. The highest BCUT2D eigenvalue weighted by molar-refractivity contribution is 7.53. The first-order valence-electron chi connectivity index (χ1n) is 20.8. The summed E-state index contributed by atoms with van der Waals surface area (Å²) in [4.78, 5) is 166. The number of amides is 7. The number of aliphatic hydroxyl groups is 2. The van der Waals surface area contributed by atoms with Crippen LogP contribution in [0.15, 0.2) is 24.3 Å². The van der Waals surface area contributed by atoms with Crippen LogP contribution < -0.4 is 31.9 Å². The van der Waals surface area contributed by atoms with Gasteiger partial charge in [-0.1, -0.05) is 12.1 Å². The Balaban J connectivity index is 1.54. The fourth-order valence-electron chi connectivity index (χ4n) is 7.52. The van der Waals surface area contributed by atoms with Crippen LogP contribution in [0, 0.1) is 0 Å². The minimum Gasteiger partial charge on any atom is -0.508 e. The molecular formula is C37H58N8O19P2+2. The Morgan fingerprint density at radius 2 is 1.27 bits per heavy atom. The SMILES string of the molecule is C[C@@H](O)[C@H](NC(=O)[C@@H]1CCCN1C(=O)[C@H](CO[P+](O)(O)O)NC(=O)[C@H](Cc1ccc(O)cc1)NC(=O)[C@H](CO)NC(=O)[C@@H]1CCCN1)C(=O)N[C@@H](CO[P+](O)(O)O)C(=O)N1CCC[C@H]1C=O. The van der Waals surface area contributed by atoms with Crippen LogP contribution in [0.4, 0.5) is 0 Å². The second-order valence-electron chi connectivity index (χ2n) is 15.9. The normalized spacial score (nSPS) is 21.4. The number of carbonyl (C=O) groups is 8. The van der Waals surface area contributed by atoms with E-state index in [0.29, 0.717) is 37.7 Å². The van der Waals surface area contributed by atoms with E-state index in [1.165, 1.54) is 24.3 Å². The van der Waals surface area contributed by atoms with Gasteiger partial charge < -0.3 is 61.8 Å². The van der Waals surface area contributed by atoms with Crippen LogP contribution >= 0.6 is 16.3 Å². The van der Waals surface area contributed by atoms with Gasteiger partial charge in [-0.3, -0.25) is 33.6 Å². The highest BCUT2D eigenvalue weighted by Crippen LogP contribution is 2.46. The molecule has 3 heterocycles. The van der Waals surface area contributed by atoms with Crippen LogP contribution in [-0.4, -0.2) is 196 Å². The molecule has 0 spiro atoms. The number of benzene rings is 1. The summed E-state index contributed by atoms with van der Waals surface area (Å²) in [6.07, 6.45) is 0.429. The van der Waals surface area contributed by atoms with Crippen molar-refractivity contribution in [2.45, 2.75) is 106 Å². The molecule has 4 rings (SSSR count). The average Bonchev–Trinajstić information content (AvgIpc) is 4.07. The minimum atomic E-state index is -5.08. The Labute approximate surface area is 378 Å². The fraction of sp³-hybridized carbons (Fsp3) is 0.622. The van der Waals surface area contributed by atoms with Gasteiger partial charge in [0.1, 0.15) is 61.5 Å². The van der Waals surface area contributed by atoms with Gasteiger partial charge in [-0.25, -0.2) is 0 Å². The Morgan fingerprint density at radius 3 is 1.82 bits per heavy atom. The van der Waals surface area contributed by atoms with E-state index in [-0.39, 0.29) is 44.5 Å². The summed E-state index contributed by atoms with van der Waals surface area (Å²) in [5, 5.41) is 45.0. The zero-order chi connectivity index (χ0) is 48.9. The van der Waals surface area contributed by atoms with Gasteiger partial charge in [0, 0.05) is 19.5 Å². The summed E-state index contributed by atoms with van der Waals surface area (Å²) in [5.74, 6) is -7.15. The molecule has 3 fully saturated rings. The molecule has 27 nitrogen and oxygen atoms in total. The largest absolute Gasteiger partial charge is 0.567 e. The van der Waals surface area contributed by atoms with Gasteiger partial charge in [-0.2, -0.15) is 38.4 Å². The highest BCUT2D eigenvalue weighted by atomic mass is 31.2. The molecule has 0 unspecified atom stereocenters. The summed E-state index contributed by atoms with van der Waals surface area (Å²) in [7, 11) is -10.0. The molecule has 15 N–H and O–H groups in total. The number of nitrogens with one attached hydrogen (secondary N) is 6. The molecule has 3 aliphatic heterocycles. The Hall–Kier alpha value is -4.60. The quantitative estimate of drug-likeness (QED) is 0.0358. The van der Waals surface area contributed by atoms with Crippen LogP contribution in [0.3, 0.4) is 0 Å². The molecule has 66 heavy (non-hydrogen) atoms. The lowest BCUT2D eigenvalue weighted by Gasteiger charge is -2.31. The molecule has 0 aliphatic carbocycles. The van der Waals surface area contributed by atoms with Crippen molar-refractivity contribution >= 4 is 64.0 Å². The molecule has 3 saturated heterocycles. The number of aldehydes is 1. The van der Waals surface area contributed by atoms with E-state index in [1.54, 1.807) is 0 Å². The van der Waals surface area contributed by atoms with Crippen LogP contribution in [0.1, 0.15) is 51.0 Å². The number of hydrogen-bond acceptors (Lipinski definition) is 20. The molecule has 9 atom stereocenters. The van der Waals surface area contributed by atoms with Gasteiger partial charge in [0.25, 0.3) is 0 Å². The van der Waals surface area contributed by atoms with Crippen molar-refractivity contribution in [2.75, 3.05) is 39.5 Å². The van der Waals surface area contributed by atoms with E-state index in [1.807, 2.05) is 0 Å². The number of phenols is 1. The average molecular weight is 981 g/mol. The van der Waals surface area contributed by atoms with Crippen molar-refractivity contribution < 1.29 is 92.1 Å². The standard InChI is InChI=1S/C37H56N8O19P2/c1-20(48)30(35(54)42-27(18-63-65(57,58)59)36(55)44-13-3-5-22(44)16-46)43-34(53)29-7-4-14-45(29)37(56)28(19-64-66(60,61)62)41-32(51)25(15-21-8-10-23(49)11-9-21)39-33(52)26(17-47)40-31(50)24-6-2-12-38-24/h8-11,16,20,22,24-30,38,47-48,57-62H,2-7,12-15,17-19H2,1H3,(H4-2,39,40,41,42,43,49,50,51,52,53,54)/p+2/t20-,22+,24+,25+,26+,27+,28+,29+,30+/m1/s1. The lowest BCUT2D eigenvalue weighted by atomic mass is 10.0. The third kappa shape index (κ3) is 16.0. The maximum atomic E-state index is 14.2. The molecule has 7 amide bonds. The number of nitrogens with zero attached hydrogens (tertiary/aromatic N) is 2. The van der Waals surface area contributed by atoms with E-state index in [4.69, 9.17) is 4.52 Å². The molecule has 0 saturated carbocycles. The maximum Gasteiger partial charge on any atom is 0.567 e. The second-order valence-corrected chi connectivity index (χ2v) is 18.4. The van der Waals surface area contributed by atoms with Gasteiger partial charge in [0.15, 0.2) is 0 Å². The van der Waals surface area contributed by atoms with Crippen LogP contribution in [0.25, 0.3) is 0 Å². The van der Waals surface area contributed by atoms with E-state index < -0.39 is 132 Å². The van der Waals surface area contributed by atoms with Gasteiger partial charge in [0.05, 0.1) is 24.8 Å². The number of phenolic OH excluding ortho intramolecular Hbond substituents is 1. The second kappa shape index (κ2) is 24.4. The first-order chi connectivity index (χ1) is 31.0. The predicted molar refractivity (Wildman–Crippen MR) is 226 cm³/mol. The molecule has 0 radical (unpaired) electrons. The van der Waals surface area contributed by atoms with Crippen LogP contribution in [0.2, 0.25) is 0 Å². The van der Waals surface area contributed by atoms with E-state index in [9.17, 15) is 83.0 Å². The van der Waals surface area contributed by atoms with Crippen molar-refractivity contribution in [1.82, 2.24) is 41.7 Å². The van der Waals surface area contributed by atoms with Crippen molar-refractivity contribution in [3.8, 4) is 5.75 Å². The molecule has 0 aromatic heterocycles. The number of rotatable bonds is 23. The summed E-state index contributed by atoms with van der Waals surface area (Å²) in [5.41, 5.74) is 0.361. The highest BCUT2D eigenvalue weighted by Gasteiger charge is 2.45. The lowest BCUT2D eigenvalue weighted by Crippen LogP contribution is -2.62. The molecular weight excluding hydrogens is 922 g/mol. The summed E-state index contributed by atoms with van der Waals surface area (Å²) in [6.45, 7) is -1.47. The molecule has 29 heteroatoms. The van der Waals surface area contributed by atoms with Crippen molar-refractivity contribution in [2.24, 2.45) is 0 Å². The van der Waals surface area contributed by atoms with Gasteiger partial charge >= 0.3 is 16.3 Å². The van der Waals surface area contributed by atoms with Crippen LogP contribution in [0.5, 0.6) is 5.75 Å². The number of carbonyl (C=O) groups excluding carboxylic acids is 8. The number of hydrogen-bond donors (Lipinski definition) is 15. The van der Waals surface area contributed by atoms with Crippen molar-refractivity contribution in [3.63, 3.8) is 0 Å². The minimum absolute atomic E-state index is 0.0688. The number of aliphatic hydroxyl groups excluding tert-OH is 2. The first kappa shape index (κ1) is 54.0. The summed E-state index contributed by atoms with van der Waals surface area (Å²) >= 11 is 0. The van der Waals surface area contributed by atoms with E-state index in [2.05, 4.69) is 36.4 Å². The van der Waals surface area contributed by atoms with Gasteiger partial charge in [-0.15, -0.1) is 0 Å². The molecule has 3 aliphatic rings. The Bertz CT molecular complexity index is 1880. The molecule has 0 bridgehead atoms. The van der Waals surface area contributed by atoms with Crippen LogP contribution in [-0.2, 0) is 53.8 Å². The van der Waals surface area contributed by atoms with E-state index >= 15 is 0 Å². The molecule has 1 aromatic rings. The van der Waals surface area contributed by atoms with E-state index in [0.717, 1.165) is 16.7 Å². The zero-order valence-electron chi connectivity index (χ0n) is 35.7. The molecule has 368 valence electrons. The van der Waals surface area contributed by atoms with Gasteiger partial charge in [0.2, 0.25) is 41.4 Å². The lowest BCUT2D eigenvalue weighted by molar-refractivity contribution is -0.144. The van der Waals surface area contributed by atoms with Crippen molar-refractivity contribution in [1.29, 1.82) is 0 Å². The predicted octanol–water partition coefficient (Wildman–Crippen LogP) is -5.99. The third-order valence-electron chi connectivity index (χ3n) is 10.9.